The van der Waals surface area contributed by atoms with E-state index in [4.69, 9.17) is 0 Å². The number of sulfone groups is 1. The van der Waals surface area contributed by atoms with Gasteiger partial charge in [-0.05, 0) is 59.7 Å². The molecule has 0 saturated carbocycles. The molecule has 1 aliphatic heterocycles. The van der Waals surface area contributed by atoms with Crippen molar-refractivity contribution in [2.75, 3.05) is 49.3 Å². The van der Waals surface area contributed by atoms with Crippen molar-refractivity contribution in [2.45, 2.75) is 18.7 Å². The average Bonchev–Trinajstić information content (AvgIpc) is 2.91. The zero-order chi connectivity index (χ0) is 27.6. The van der Waals surface area contributed by atoms with Crippen molar-refractivity contribution in [3.05, 3.63) is 78.1 Å². The summed E-state index contributed by atoms with van der Waals surface area (Å²) in [5.41, 5.74) is 3.28. The van der Waals surface area contributed by atoms with Crippen LogP contribution in [0.15, 0.2) is 71.6 Å². The highest BCUT2D eigenvalue weighted by atomic mass is 32.2. The molecule has 3 aromatic rings. The summed E-state index contributed by atoms with van der Waals surface area (Å²) in [4.78, 5) is 31.5. The van der Waals surface area contributed by atoms with Gasteiger partial charge in [0.15, 0.2) is 9.84 Å². The van der Waals surface area contributed by atoms with Crippen LogP contribution in [0.3, 0.4) is 0 Å². The highest BCUT2D eigenvalue weighted by Crippen LogP contribution is 2.29. The van der Waals surface area contributed by atoms with E-state index in [0.29, 0.717) is 37.3 Å². The van der Waals surface area contributed by atoms with Crippen molar-refractivity contribution in [3.8, 4) is 11.1 Å². The molecule has 38 heavy (non-hydrogen) atoms. The molecular weight excluding hydrogens is 505 g/mol. The number of anilines is 2. The first-order valence-electron chi connectivity index (χ1n) is 12.5. The fourth-order valence-corrected chi connectivity index (χ4v) is 5.20. The molecule has 1 aliphatic rings. The molecule has 3 aromatic carbocycles. The molecule has 2 amide bonds. The van der Waals surface area contributed by atoms with Crippen LogP contribution in [-0.4, -0.2) is 64.6 Å². The van der Waals surface area contributed by atoms with Gasteiger partial charge < -0.3 is 14.7 Å². The van der Waals surface area contributed by atoms with Gasteiger partial charge in [0.2, 0.25) is 5.91 Å². The highest BCUT2D eigenvalue weighted by molar-refractivity contribution is 7.90. The van der Waals surface area contributed by atoms with Gasteiger partial charge in [0.1, 0.15) is 5.82 Å². The second-order valence-electron chi connectivity index (χ2n) is 9.83. The zero-order valence-corrected chi connectivity index (χ0v) is 22.8. The quantitative estimate of drug-likeness (QED) is 0.464. The van der Waals surface area contributed by atoms with Gasteiger partial charge in [0.05, 0.1) is 4.90 Å². The molecule has 0 aromatic heterocycles. The Hall–Kier alpha value is -3.72. The van der Waals surface area contributed by atoms with Crippen LogP contribution >= 0.6 is 0 Å². The summed E-state index contributed by atoms with van der Waals surface area (Å²) in [5, 5.41) is 0. The molecule has 0 radical (unpaired) electrons. The Morgan fingerprint density at radius 3 is 2.05 bits per heavy atom. The Balaban J connectivity index is 1.52. The summed E-state index contributed by atoms with van der Waals surface area (Å²) in [5.74, 6) is -0.702. The average molecular weight is 538 g/mol. The number of rotatable bonds is 6. The maximum atomic E-state index is 13.6. The minimum absolute atomic E-state index is 0.0461. The Morgan fingerprint density at radius 1 is 0.895 bits per heavy atom. The second kappa shape index (κ2) is 10.9. The van der Waals surface area contributed by atoms with Crippen LogP contribution in [0, 0.1) is 11.7 Å². The molecule has 0 unspecified atom stereocenters. The van der Waals surface area contributed by atoms with Crippen LogP contribution in [-0.2, 0) is 14.6 Å². The van der Waals surface area contributed by atoms with E-state index in [1.165, 1.54) is 24.3 Å². The summed E-state index contributed by atoms with van der Waals surface area (Å²) in [7, 11) is -1.76. The van der Waals surface area contributed by atoms with Crippen molar-refractivity contribution < 1.29 is 22.4 Å². The molecule has 0 aliphatic carbocycles. The monoisotopic (exact) mass is 537 g/mol. The number of hydrogen-bond acceptors (Lipinski definition) is 5. The first-order chi connectivity index (χ1) is 18.0. The lowest BCUT2D eigenvalue weighted by Gasteiger charge is -2.36. The molecule has 4 rings (SSSR count). The van der Waals surface area contributed by atoms with Crippen LogP contribution in [0.4, 0.5) is 15.8 Å². The third-order valence-electron chi connectivity index (χ3n) is 6.80. The number of hydrogen-bond donors (Lipinski definition) is 0. The minimum Gasteiger partial charge on any atom is -0.368 e. The zero-order valence-electron chi connectivity index (χ0n) is 22.0. The number of carbonyl (C=O) groups is 2. The number of amides is 2. The molecule has 1 saturated heterocycles. The molecule has 1 heterocycles. The van der Waals surface area contributed by atoms with E-state index in [1.807, 2.05) is 38.1 Å². The lowest BCUT2D eigenvalue weighted by molar-refractivity contribution is -0.121. The van der Waals surface area contributed by atoms with E-state index in [9.17, 15) is 22.4 Å². The molecule has 0 bridgehead atoms. The number of carbonyl (C=O) groups excluding carboxylic acids is 2. The van der Waals surface area contributed by atoms with E-state index in [2.05, 4.69) is 4.90 Å². The van der Waals surface area contributed by atoms with Gasteiger partial charge >= 0.3 is 0 Å². The van der Waals surface area contributed by atoms with E-state index in [0.717, 1.165) is 17.6 Å². The lowest BCUT2D eigenvalue weighted by atomic mass is 9.98. The normalized spacial score (nSPS) is 14.1. The smallest absolute Gasteiger partial charge is 0.254 e. The number of piperazine rings is 1. The van der Waals surface area contributed by atoms with Crippen LogP contribution in [0.1, 0.15) is 24.2 Å². The van der Waals surface area contributed by atoms with E-state index in [-0.39, 0.29) is 28.2 Å². The predicted molar refractivity (Wildman–Crippen MR) is 148 cm³/mol. The van der Waals surface area contributed by atoms with Crippen molar-refractivity contribution in [1.29, 1.82) is 0 Å². The lowest BCUT2D eigenvalue weighted by Crippen LogP contribution is -2.49. The summed E-state index contributed by atoms with van der Waals surface area (Å²) >= 11 is 0. The van der Waals surface area contributed by atoms with Gasteiger partial charge in [0.25, 0.3) is 5.91 Å². The van der Waals surface area contributed by atoms with Crippen LogP contribution in [0.5, 0.6) is 0 Å². The number of benzene rings is 3. The SMILES string of the molecule is CC(C)C(=O)N(C)c1ccc(N2CCN(C(=O)c3cc(S(C)(=O)=O)ccc3-c3ccc(F)cc3)CC2)cc1. The van der Waals surface area contributed by atoms with E-state index in [1.54, 1.807) is 35.0 Å². The van der Waals surface area contributed by atoms with Crippen LogP contribution in [0.2, 0.25) is 0 Å². The van der Waals surface area contributed by atoms with Crippen LogP contribution < -0.4 is 9.80 Å². The summed E-state index contributed by atoms with van der Waals surface area (Å²) in [6.45, 7) is 5.85. The Kier molecular flexibility index (Phi) is 7.87. The van der Waals surface area contributed by atoms with Crippen molar-refractivity contribution in [2.24, 2.45) is 5.92 Å². The molecular formula is C29H32FN3O4S. The first kappa shape index (κ1) is 27.3. The van der Waals surface area contributed by atoms with Crippen LogP contribution in [0.25, 0.3) is 11.1 Å². The molecule has 0 spiro atoms. The highest BCUT2D eigenvalue weighted by Gasteiger charge is 2.26. The maximum absolute atomic E-state index is 13.6. The van der Waals surface area contributed by atoms with Gasteiger partial charge in [-0.25, -0.2) is 12.8 Å². The van der Waals surface area contributed by atoms with E-state index >= 15 is 0 Å². The third kappa shape index (κ3) is 5.88. The predicted octanol–water partition coefficient (Wildman–Crippen LogP) is 4.48. The second-order valence-corrected chi connectivity index (χ2v) is 11.8. The molecule has 9 heteroatoms. The Labute approximate surface area is 223 Å². The topological polar surface area (TPSA) is 78.0 Å². The molecule has 1 fully saturated rings. The van der Waals surface area contributed by atoms with Gasteiger partial charge in [-0.15, -0.1) is 0 Å². The number of nitrogens with zero attached hydrogens (tertiary/aromatic N) is 3. The Bertz CT molecular complexity index is 1430. The first-order valence-corrected chi connectivity index (χ1v) is 14.4. The molecule has 0 N–H and O–H groups in total. The van der Waals surface area contributed by atoms with Gasteiger partial charge in [-0.3, -0.25) is 9.59 Å². The van der Waals surface area contributed by atoms with Crippen molar-refractivity contribution in [3.63, 3.8) is 0 Å². The third-order valence-corrected chi connectivity index (χ3v) is 7.91. The Morgan fingerprint density at radius 2 is 1.50 bits per heavy atom. The van der Waals surface area contributed by atoms with Gasteiger partial charge in [-0.2, -0.15) is 0 Å². The van der Waals surface area contributed by atoms with Gasteiger partial charge in [-0.1, -0.05) is 32.0 Å². The standard InChI is InChI=1S/C29H32FN3O4S/c1-20(2)28(34)31(3)23-9-11-24(12-10-23)32-15-17-33(18-16-32)29(35)27-19-25(38(4,36)37)13-14-26(27)21-5-7-22(30)8-6-21/h5-14,19-20H,15-18H2,1-4H3. The summed E-state index contributed by atoms with van der Waals surface area (Å²) in [6.07, 6.45) is 1.11. The fourth-order valence-electron chi connectivity index (χ4n) is 4.55. The maximum Gasteiger partial charge on any atom is 0.254 e. The summed E-state index contributed by atoms with van der Waals surface area (Å²) < 4.78 is 37.9. The molecule has 200 valence electrons. The largest absolute Gasteiger partial charge is 0.368 e. The van der Waals surface area contributed by atoms with Gasteiger partial charge in [0, 0.05) is 62.3 Å². The van der Waals surface area contributed by atoms with Crippen molar-refractivity contribution in [1.82, 2.24) is 4.90 Å². The van der Waals surface area contributed by atoms with Crippen molar-refractivity contribution >= 4 is 33.0 Å². The molecule has 7 nitrogen and oxygen atoms in total. The minimum atomic E-state index is -3.52. The van der Waals surface area contributed by atoms with E-state index < -0.39 is 15.7 Å². The number of halogens is 1. The fraction of sp³-hybridized carbons (Fsp3) is 0.310. The molecule has 0 atom stereocenters. The summed E-state index contributed by atoms with van der Waals surface area (Å²) in [6, 6.07) is 18.1.